The standard InChI is InChI=1S/C21H30O3Si/c1-21(2,3)25(19-11-7-5-8-12-19,20-13-9-6-10-14-20)24-16-15-18(17-22)23-4/h5-14,18,22H,15-17H2,1-4H3/t18-/m0/s1. The highest BCUT2D eigenvalue weighted by atomic mass is 28.4. The van der Waals surface area contributed by atoms with Gasteiger partial charge < -0.3 is 14.3 Å². The first kappa shape index (κ1) is 19.9. The molecule has 0 aliphatic heterocycles. The summed E-state index contributed by atoms with van der Waals surface area (Å²) in [6.45, 7) is 7.37. The average molecular weight is 359 g/mol. The van der Waals surface area contributed by atoms with Crippen LogP contribution in [0.2, 0.25) is 5.04 Å². The van der Waals surface area contributed by atoms with E-state index in [1.54, 1.807) is 7.11 Å². The second-order valence-electron chi connectivity index (χ2n) is 7.34. The molecule has 2 aromatic rings. The van der Waals surface area contributed by atoms with E-state index in [0.717, 1.165) is 0 Å². The summed E-state index contributed by atoms with van der Waals surface area (Å²) in [5, 5.41) is 11.9. The van der Waals surface area contributed by atoms with Gasteiger partial charge in [-0.2, -0.15) is 0 Å². The van der Waals surface area contributed by atoms with Crippen molar-refractivity contribution in [2.45, 2.75) is 38.3 Å². The Kier molecular flexibility index (Phi) is 6.96. The van der Waals surface area contributed by atoms with Gasteiger partial charge in [-0.1, -0.05) is 81.4 Å². The summed E-state index contributed by atoms with van der Waals surface area (Å²) in [4.78, 5) is 0. The van der Waals surface area contributed by atoms with Crippen LogP contribution in [0.25, 0.3) is 0 Å². The van der Waals surface area contributed by atoms with Crippen molar-refractivity contribution in [1.82, 2.24) is 0 Å². The molecule has 4 heteroatoms. The highest BCUT2D eigenvalue weighted by Gasteiger charge is 2.50. The molecule has 0 saturated heterocycles. The molecule has 0 unspecified atom stereocenters. The monoisotopic (exact) mass is 358 g/mol. The van der Waals surface area contributed by atoms with Gasteiger partial charge in [0.25, 0.3) is 8.32 Å². The second-order valence-corrected chi connectivity index (χ2v) is 11.6. The summed E-state index contributed by atoms with van der Waals surface area (Å²) in [7, 11) is -0.850. The maximum atomic E-state index is 9.38. The van der Waals surface area contributed by atoms with Crippen LogP contribution in [-0.2, 0) is 9.16 Å². The van der Waals surface area contributed by atoms with E-state index >= 15 is 0 Å². The Hall–Kier alpha value is -1.46. The molecule has 0 spiro atoms. The smallest absolute Gasteiger partial charge is 0.261 e. The number of aliphatic hydroxyl groups is 1. The Bertz CT molecular complexity index is 579. The highest BCUT2D eigenvalue weighted by molar-refractivity contribution is 6.99. The zero-order valence-electron chi connectivity index (χ0n) is 15.7. The topological polar surface area (TPSA) is 38.7 Å². The van der Waals surface area contributed by atoms with Crippen molar-refractivity contribution >= 4 is 18.7 Å². The number of benzene rings is 2. The Morgan fingerprint density at radius 1 is 0.920 bits per heavy atom. The van der Waals surface area contributed by atoms with Gasteiger partial charge in [0.2, 0.25) is 0 Å². The molecule has 0 saturated carbocycles. The fourth-order valence-electron chi connectivity index (χ4n) is 3.39. The first-order chi connectivity index (χ1) is 12.0. The molecule has 1 N–H and O–H groups in total. The lowest BCUT2D eigenvalue weighted by molar-refractivity contribution is 0.0331. The van der Waals surface area contributed by atoms with E-state index in [1.807, 2.05) is 12.1 Å². The van der Waals surface area contributed by atoms with Crippen LogP contribution in [0.4, 0.5) is 0 Å². The van der Waals surface area contributed by atoms with Crippen LogP contribution in [0.5, 0.6) is 0 Å². The van der Waals surface area contributed by atoms with Crippen molar-refractivity contribution in [1.29, 1.82) is 0 Å². The molecule has 0 amide bonds. The molecule has 0 heterocycles. The molecule has 0 aromatic heterocycles. The van der Waals surface area contributed by atoms with Gasteiger partial charge in [0.15, 0.2) is 0 Å². The van der Waals surface area contributed by atoms with Crippen molar-refractivity contribution in [3.8, 4) is 0 Å². The second kappa shape index (κ2) is 8.76. The number of hydrogen-bond acceptors (Lipinski definition) is 3. The summed E-state index contributed by atoms with van der Waals surface area (Å²) < 4.78 is 12.0. The molecule has 1 atom stereocenters. The van der Waals surface area contributed by atoms with Crippen LogP contribution in [0, 0.1) is 0 Å². The van der Waals surface area contributed by atoms with E-state index in [-0.39, 0.29) is 17.7 Å². The minimum Gasteiger partial charge on any atom is -0.407 e. The fraction of sp³-hybridized carbons (Fsp3) is 0.429. The molecular weight excluding hydrogens is 328 g/mol. The van der Waals surface area contributed by atoms with Crippen molar-refractivity contribution in [3.05, 3.63) is 60.7 Å². The van der Waals surface area contributed by atoms with Gasteiger partial charge in [0.05, 0.1) is 12.7 Å². The molecule has 0 aliphatic rings. The number of methoxy groups -OCH3 is 1. The van der Waals surface area contributed by atoms with Crippen molar-refractivity contribution in [2.24, 2.45) is 0 Å². The molecule has 0 bridgehead atoms. The number of aliphatic hydroxyl groups excluding tert-OH is 1. The molecule has 25 heavy (non-hydrogen) atoms. The lowest BCUT2D eigenvalue weighted by atomic mass is 10.2. The number of rotatable bonds is 8. The third-order valence-electron chi connectivity index (χ3n) is 4.71. The van der Waals surface area contributed by atoms with Crippen LogP contribution in [-0.4, -0.2) is 39.9 Å². The number of hydrogen-bond donors (Lipinski definition) is 1. The van der Waals surface area contributed by atoms with E-state index < -0.39 is 8.32 Å². The van der Waals surface area contributed by atoms with Crippen LogP contribution >= 0.6 is 0 Å². The van der Waals surface area contributed by atoms with Gasteiger partial charge in [-0.15, -0.1) is 0 Å². The quantitative estimate of drug-likeness (QED) is 0.738. The van der Waals surface area contributed by atoms with Gasteiger partial charge in [-0.05, 0) is 21.8 Å². The van der Waals surface area contributed by atoms with E-state index in [1.165, 1.54) is 10.4 Å². The third kappa shape index (κ3) is 4.39. The van der Waals surface area contributed by atoms with Crippen molar-refractivity contribution in [3.63, 3.8) is 0 Å². The van der Waals surface area contributed by atoms with Gasteiger partial charge in [-0.3, -0.25) is 0 Å². The van der Waals surface area contributed by atoms with Crippen LogP contribution < -0.4 is 10.4 Å². The minimum atomic E-state index is -2.48. The molecule has 0 aliphatic carbocycles. The van der Waals surface area contributed by atoms with Gasteiger partial charge in [0, 0.05) is 13.7 Å². The minimum absolute atomic E-state index is 0.0145. The zero-order valence-corrected chi connectivity index (χ0v) is 16.7. The highest BCUT2D eigenvalue weighted by Crippen LogP contribution is 2.36. The Labute approximate surface area is 152 Å². The molecule has 0 radical (unpaired) electrons. The maximum absolute atomic E-state index is 9.38. The third-order valence-corrected chi connectivity index (χ3v) is 9.75. The Morgan fingerprint density at radius 2 is 1.40 bits per heavy atom. The predicted octanol–water partition coefficient (Wildman–Crippen LogP) is 2.96. The molecule has 2 aromatic carbocycles. The van der Waals surface area contributed by atoms with E-state index in [9.17, 15) is 5.11 Å². The molecule has 136 valence electrons. The van der Waals surface area contributed by atoms with E-state index in [4.69, 9.17) is 9.16 Å². The lowest BCUT2D eigenvalue weighted by Gasteiger charge is -2.43. The van der Waals surface area contributed by atoms with E-state index in [0.29, 0.717) is 13.0 Å². The Morgan fingerprint density at radius 3 is 1.76 bits per heavy atom. The van der Waals surface area contributed by atoms with Crippen LogP contribution in [0.15, 0.2) is 60.7 Å². The molecule has 2 rings (SSSR count). The van der Waals surface area contributed by atoms with Crippen molar-refractivity contribution in [2.75, 3.05) is 20.3 Å². The molecule has 0 fully saturated rings. The predicted molar refractivity (Wildman–Crippen MR) is 106 cm³/mol. The van der Waals surface area contributed by atoms with Gasteiger partial charge >= 0.3 is 0 Å². The summed E-state index contributed by atoms with van der Waals surface area (Å²) in [6, 6.07) is 21.2. The van der Waals surface area contributed by atoms with Crippen molar-refractivity contribution < 1.29 is 14.3 Å². The average Bonchev–Trinajstić information content (AvgIpc) is 2.62. The number of ether oxygens (including phenoxy) is 1. The SMILES string of the molecule is CO[C@H](CO)CCO[Si](c1ccccc1)(c1ccccc1)C(C)(C)C. The van der Waals surface area contributed by atoms with E-state index in [2.05, 4.69) is 69.3 Å². The largest absolute Gasteiger partial charge is 0.407 e. The van der Waals surface area contributed by atoms with Crippen LogP contribution in [0.1, 0.15) is 27.2 Å². The summed E-state index contributed by atoms with van der Waals surface area (Å²) in [5.41, 5.74) is 0. The van der Waals surface area contributed by atoms with Crippen LogP contribution in [0.3, 0.4) is 0 Å². The molecule has 3 nitrogen and oxygen atoms in total. The van der Waals surface area contributed by atoms with Gasteiger partial charge in [0.1, 0.15) is 0 Å². The summed E-state index contributed by atoms with van der Waals surface area (Å²) in [5.74, 6) is 0. The van der Waals surface area contributed by atoms with Gasteiger partial charge in [-0.25, -0.2) is 0 Å². The zero-order chi connectivity index (χ0) is 18.3. The first-order valence-electron chi connectivity index (χ1n) is 8.84. The summed E-state index contributed by atoms with van der Waals surface area (Å²) >= 11 is 0. The molecular formula is C21H30O3Si. The Balaban J connectivity index is 2.46. The normalized spacial score (nSPS) is 13.6. The lowest BCUT2D eigenvalue weighted by Crippen LogP contribution is -2.66. The first-order valence-corrected chi connectivity index (χ1v) is 10.7. The summed E-state index contributed by atoms with van der Waals surface area (Å²) in [6.07, 6.45) is 0.496. The fourth-order valence-corrected chi connectivity index (χ4v) is 7.97. The maximum Gasteiger partial charge on any atom is 0.261 e.